The SMILES string of the molecule is COC(=O)[C@H](N=[N+]=[N-])[C@H]1OC(C)(C)O[C@@H]1[C@@H]1COC(C)(C)O1. The third-order valence-corrected chi connectivity index (χ3v) is 3.49. The average Bonchev–Trinajstić information content (AvgIpc) is 2.94. The van der Waals surface area contributed by atoms with E-state index in [-0.39, 0.29) is 6.61 Å². The molecule has 2 fully saturated rings. The van der Waals surface area contributed by atoms with E-state index in [0.717, 1.165) is 0 Å². The molecule has 2 aliphatic rings. The highest BCUT2D eigenvalue weighted by molar-refractivity contribution is 5.76. The number of carbonyl (C=O) groups is 1. The number of hydrogen-bond acceptors (Lipinski definition) is 7. The van der Waals surface area contributed by atoms with Crippen molar-refractivity contribution in [1.82, 2.24) is 0 Å². The Kier molecular flexibility index (Phi) is 4.65. The Hall–Kier alpha value is -1.38. The Morgan fingerprint density at radius 1 is 1.27 bits per heavy atom. The summed E-state index contributed by atoms with van der Waals surface area (Å²) in [6.45, 7) is 7.29. The van der Waals surface area contributed by atoms with Crippen LogP contribution in [0.2, 0.25) is 0 Å². The molecule has 0 N–H and O–H groups in total. The van der Waals surface area contributed by atoms with Crippen molar-refractivity contribution in [2.24, 2.45) is 5.11 Å². The molecule has 9 nitrogen and oxygen atoms in total. The number of esters is 1. The fraction of sp³-hybridized carbons (Fsp3) is 0.923. The predicted octanol–water partition coefficient (Wildman–Crippen LogP) is 1.51. The van der Waals surface area contributed by atoms with Crippen molar-refractivity contribution in [3.8, 4) is 0 Å². The molecule has 0 aliphatic carbocycles. The molecule has 0 aromatic rings. The summed E-state index contributed by atoms with van der Waals surface area (Å²) >= 11 is 0. The van der Waals surface area contributed by atoms with Crippen LogP contribution in [0.3, 0.4) is 0 Å². The van der Waals surface area contributed by atoms with E-state index in [1.165, 1.54) is 7.11 Å². The second-order valence-electron chi connectivity index (χ2n) is 6.10. The van der Waals surface area contributed by atoms with Gasteiger partial charge in [-0.3, -0.25) is 4.79 Å². The minimum absolute atomic E-state index is 0.289. The van der Waals surface area contributed by atoms with Gasteiger partial charge < -0.3 is 23.7 Å². The number of azide groups is 1. The molecule has 0 aromatic heterocycles. The first kappa shape index (κ1) is 17.0. The zero-order chi connectivity index (χ0) is 16.5. The van der Waals surface area contributed by atoms with E-state index in [1.54, 1.807) is 27.7 Å². The van der Waals surface area contributed by atoms with E-state index in [4.69, 9.17) is 24.5 Å². The lowest BCUT2D eigenvalue weighted by Gasteiger charge is -2.25. The smallest absolute Gasteiger partial charge is 0.317 e. The van der Waals surface area contributed by atoms with Crippen molar-refractivity contribution in [3.05, 3.63) is 10.4 Å². The Balaban J connectivity index is 2.26. The molecule has 9 heteroatoms. The lowest BCUT2D eigenvalue weighted by Crippen LogP contribution is -2.46. The molecule has 2 saturated heterocycles. The number of methoxy groups -OCH3 is 1. The molecule has 0 bridgehead atoms. The van der Waals surface area contributed by atoms with Crippen LogP contribution < -0.4 is 0 Å². The zero-order valence-electron chi connectivity index (χ0n) is 13.3. The first-order valence-corrected chi connectivity index (χ1v) is 6.98. The molecule has 2 aliphatic heterocycles. The summed E-state index contributed by atoms with van der Waals surface area (Å²) in [6.07, 6.45) is -1.88. The Labute approximate surface area is 128 Å². The van der Waals surface area contributed by atoms with Crippen LogP contribution in [-0.2, 0) is 28.5 Å². The van der Waals surface area contributed by atoms with Crippen molar-refractivity contribution in [2.75, 3.05) is 13.7 Å². The molecule has 4 atom stereocenters. The Morgan fingerprint density at radius 3 is 2.45 bits per heavy atom. The minimum Gasteiger partial charge on any atom is -0.469 e. The Morgan fingerprint density at radius 2 is 1.95 bits per heavy atom. The van der Waals surface area contributed by atoms with Gasteiger partial charge in [-0.05, 0) is 33.2 Å². The molecule has 2 heterocycles. The number of ether oxygens (including phenoxy) is 5. The number of nitrogens with zero attached hydrogens (tertiary/aromatic N) is 3. The molecule has 2 rings (SSSR count). The van der Waals surface area contributed by atoms with E-state index >= 15 is 0 Å². The normalized spacial score (nSPS) is 34.0. The topological polar surface area (TPSA) is 112 Å². The standard InChI is InChI=1S/C13H21N3O6/c1-12(2)19-6-7(20-12)9-10(22-13(3,4)21-9)8(15-16-14)11(17)18-5/h7-10H,6H2,1-5H3/t7-,8+,9+,10+/m0/s1. The summed E-state index contributed by atoms with van der Waals surface area (Å²) in [7, 11) is 1.22. The van der Waals surface area contributed by atoms with Gasteiger partial charge in [-0.25, -0.2) is 0 Å². The third-order valence-electron chi connectivity index (χ3n) is 3.49. The van der Waals surface area contributed by atoms with Gasteiger partial charge in [0.05, 0.1) is 13.7 Å². The number of carbonyl (C=O) groups excluding carboxylic acids is 1. The third kappa shape index (κ3) is 3.50. The molecule has 0 saturated carbocycles. The fourth-order valence-electron chi connectivity index (χ4n) is 2.65. The molecule has 0 aromatic carbocycles. The highest BCUT2D eigenvalue weighted by atomic mass is 16.8. The fourth-order valence-corrected chi connectivity index (χ4v) is 2.65. The molecule has 124 valence electrons. The van der Waals surface area contributed by atoms with Gasteiger partial charge in [0.15, 0.2) is 17.6 Å². The maximum Gasteiger partial charge on any atom is 0.317 e. The van der Waals surface area contributed by atoms with Crippen LogP contribution in [0.4, 0.5) is 0 Å². The second kappa shape index (κ2) is 6.02. The van der Waals surface area contributed by atoms with Gasteiger partial charge in [0, 0.05) is 4.91 Å². The Bertz CT molecular complexity index is 488. The zero-order valence-corrected chi connectivity index (χ0v) is 13.3. The lowest BCUT2D eigenvalue weighted by molar-refractivity contribution is -0.175. The second-order valence-corrected chi connectivity index (χ2v) is 6.10. The van der Waals surface area contributed by atoms with Gasteiger partial charge in [0.1, 0.15) is 18.3 Å². The van der Waals surface area contributed by atoms with Crippen LogP contribution >= 0.6 is 0 Å². The van der Waals surface area contributed by atoms with Gasteiger partial charge in [-0.2, -0.15) is 0 Å². The quantitative estimate of drug-likeness (QED) is 0.336. The monoisotopic (exact) mass is 315 g/mol. The van der Waals surface area contributed by atoms with Crippen LogP contribution in [0.15, 0.2) is 5.11 Å². The molecular weight excluding hydrogens is 294 g/mol. The summed E-state index contributed by atoms with van der Waals surface area (Å²) in [5, 5.41) is 3.51. The maximum atomic E-state index is 11.9. The highest BCUT2D eigenvalue weighted by Gasteiger charge is 2.53. The summed E-state index contributed by atoms with van der Waals surface area (Å²) in [5.74, 6) is -2.37. The van der Waals surface area contributed by atoms with Crippen molar-refractivity contribution in [2.45, 2.75) is 63.6 Å². The number of rotatable bonds is 4. The minimum atomic E-state index is -1.16. The molecule has 0 spiro atoms. The molecule has 0 radical (unpaired) electrons. The van der Waals surface area contributed by atoms with E-state index in [1.807, 2.05) is 0 Å². The highest BCUT2D eigenvalue weighted by Crippen LogP contribution is 2.37. The number of hydrogen-bond donors (Lipinski definition) is 0. The maximum absolute atomic E-state index is 11.9. The predicted molar refractivity (Wildman–Crippen MR) is 73.7 cm³/mol. The van der Waals surface area contributed by atoms with Crippen molar-refractivity contribution < 1.29 is 28.5 Å². The molecule has 0 amide bonds. The largest absolute Gasteiger partial charge is 0.469 e. The molecule has 0 unspecified atom stereocenters. The average molecular weight is 315 g/mol. The first-order chi connectivity index (χ1) is 10.2. The van der Waals surface area contributed by atoms with Crippen LogP contribution in [0.1, 0.15) is 27.7 Å². The van der Waals surface area contributed by atoms with Crippen LogP contribution in [0, 0.1) is 0 Å². The van der Waals surface area contributed by atoms with Gasteiger partial charge in [0.2, 0.25) is 0 Å². The van der Waals surface area contributed by atoms with Crippen LogP contribution in [-0.4, -0.2) is 55.6 Å². The summed E-state index contributed by atoms with van der Waals surface area (Å²) in [5.41, 5.74) is 8.70. The van der Waals surface area contributed by atoms with Crippen molar-refractivity contribution in [1.29, 1.82) is 0 Å². The summed E-state index contributed by atoms with van der Waals surface area (Å²) in [4.78, 5) is 14.6. The molecule has 22 heavy (non-hydrogen) atoms. The van der Waals surface area contributed by atoms with E-state index in [2.05, 4.69) is 14.8 Å². The van der Waals surface area contributed by atoms with Crippen LogP contribution in [0.5, 0.6) is 0 Å². The first-order valence-electron chi connectivity index (χ1n) is 6.98. The lowest BCUT2D eigenvalue weighted by atomic mass is 10.0. The molecular formula is C13H21N3O6. The van der Waals surface area contributed by atoms with Crippen molar-refractivity contribution >= 4 is 5.97 Å². The van der Waals surface area contributed by atoms with Crippen molar-refractivity contribution in [3.63, 3.8) is 0 Å². The van der Waals surface area contributed by atoms with Gasteiger partial charge in [-0.1, -0.05) is 5.11 Å². The summed E-state index contributed by atoms with van der Waals surface area (Å²) < 4.78 is 27.6. The van der Waals surface area contributed by atoms with Crippen LogP contribution in [0.25, 0.3) is 10.4 Å². The van der Waals surface area contributed by atoms with E-state index in [9.17, 15) is 4.79 Å². The summed E-state index contributed by atoms with van der Waals surface area (Å²) in [6, 6.07) is -1.16. The van der Waals surface area contributed by atoms with Gasteiger partial charge in [-0.15, -0.1) is 0 Å². The van der Waals surface area contributed by atoms with E-state index < -0.39 is 41.9 Å². The van der Waals surface area contributed by atoms with Gasteiger partial charge in [0.25, 0.3) is 0 Å². The van der Waals surface area contributed by atoms with Gasteiger partial charge >= 0.3 is 5.97 Å². The van der Waals surface area contributed by atoms with E-state index in [0.29, 0.717) is 0 Å².